The number of benzene rings is 1. The summed E-state index contributed by atoms with van der Waals surface area (Å²) in [5.41, 5.74) is 1.23. The highest BCUT2D eigenvalue weighted by atomic mass is 16.5. The Morgan fingerprint density at radius 2 is 2.00 bits per heavy atom. The fraction of sp³-hybridized carbons (Fsp3) is 0.579. The smallest absolute Gasteiger partial charge is 0.243 e. The number of ether oxygens (including phenoxy) is 2. The average molecular weight is 360 g/mol. The van der Waals surface area contributed by atoms with Gasteiger partial charge in [0, 0.05) is 33.7 Å². The number of hydrogen-bond acceptors (Lipinski definition) is 4. The number of hydrogen-bond donors (Lipinski definition) is 2. The molecule has 142 valence electrons. The van der Waals surface area contributed by atoms with Gasteiger partial charge in [0.2, 0.25) is 5.91 Å². The second kappa shape index (κ2) is 8.89. The lowest BCUT2D eigenvalue weighted by Gasteiger charge is -2.18. The molecule has 1 amide bonds. The Labute approximate surface area is 154 Å². The Morgan fingerprint density at radius 1 is 1.23 bits per heavy atom. The van der Waals surface area contributed by atoms with Gasteiger partial charge in [-0.05, 0) is 24.5 Å². The normalized spacial score (nSPS) is 21.8. The predicted octanol–water partition coefficient (Wildman–Crippen LogP) is 0.793. The summed E-state index contributed by atoms with van der Waals surface area (Å²) in [6, 6.07) is 8.10. The molecule has 7 nitrogen and oxygen atoms in total. The molecule has 1 aromatic carbocycles. The van der Waals surface area contributed by atoms with Crippen LogP contribution in [0.5, 0.6) is 5.75 Å². The monoisotopic (exact) mass is 360 g/mol. The molecule has 0 radical (unpaired) electrons. The van der Waals surface area contributed by atoms with Crippen molar-refractivity contribution in [3.05, 3.63) is 29.8 Å². The molecule has 2 aliphatic heterocycles. The number of likely N-dealkylation sites (N-methyl/N-ethyl adjacent to an activating group) is 1. The molecule has 2 unspecified atom stereocenters. The maximum Gasteiger partial charge on any atom is 0.243 e. The van der Waals surface area contributed by atoms with Crippen molar-refractivity contribution in [3.63, 3.8) is 0 Å². The zero-order chi connectivity index (χ0) is 18.4. The average Bonchev–Trinajstić information content (AvgIpc) is 3.29. The minimum atomic E-state index is -0.0345. The molecule has 0 aliphatic carbocycles. The van der Waals surface area contributed by atoms with Crippen LogP contribution in [-0.4, -0.2) is 69.3 Å². The first-order valence-corrected chi connectivity index (χ1v) is 9.20. The van der Waals surface area contributed by atoms with E-state index in [1.807, 2.05) is 18.2 Å². The van der Waals surface area contributed by atoms with Crippen molar-refractivity contribution in [2.45, 2.75) is 31.5 Å². The van der Waals surface area contributed by atoms with Crippen molar-refractivity contribution in [1.82, 2.24) is 15.5 Å². The zero-order valence-corrected chi connectivity index (χ0v) is 15.5. The number of para-hydroxylation sites is 1. The van der Waals surface area contributed by atoms with Crippen molar-refractivity contribution in [2.75, 3.05) is 40.3 Å². The van der Waals surface area contributed by atoms with E-state index in [0.29, 0.717) is 19.0 Å². The lowest BCUT2D eigenvalue weighted by molar-refractivity contribution is -0.127. The van der Waals surface area contributed by atoms with Crippen LogP contribution >= 0.6 is 0 Å². The molecule has 3 rings (SSSR count). The van der Waals surface area contributed by atoms with Crippen molar-refractivity contribution >= 4 is 11.9 Å². The third-order valence-electron chi connectivity index (χ3n) is 4.60. The largest absolute Gasteiger partial charge is 0.488 e. The second-order valence-electron chi connectivity index (χ2n) is 6.90. The second-order valence-corrected chi connectivity index (χ2v) is 6.90. The van der Waals surface area contributed by atoms with Crippen LogP contribution in [0.4, 0.5) is 0 Å². The molecule has 0 bridgehead atoms. The molecule has 26 heavy (non-hydrogen) atoms. The Bertz CT molecular complexity index is 616. The van der Waals surface area contributed by atoms with E-state index in [-0.39, 0.29) is 24.7 Å². The molecule has 2 N–H and O–H groups in total. The molecule has 1 saturated heterocycles. The van der Waals surface area contributed by atoms with Crippen molar-refractivity contribution in [1.29, 1.82) is 0 Å². The topological polar surface area (TPSA) is 75.2 Å². The quantitative estimate of drug-likeness (QED) is 0.580. The van der Waals surface area contributed by atoms with E-state index in [1.165, 1.54) is 10.5 Å². The lowest BCUT2D eigenvalue weighted by Crippen LogP contribution is -2.45. The van der Waals surface area contributed by atoms with E-state index in [4.69, 9.17) is 9.47 Å². The number of nitrogens with one attached hydrogen (secondary N) is 2. The van der Waals surface area contributed by atoms with E-state index >= 15 is 0 Å². The number of fused-ring (bicyclic) bond motifs is 1. The van der Waals surface area contributed by atoms with Gasteiger partial charge in [-0.15, -0.1) is 0 Å². The summed E-state index contributed by atoms with van der Waals surface area (Å²) in [6.45, 7) is 2.25. The fourth-order valence-electron chi connectivity index (χ4n) is 3.06. The Balaban J connectivity index is 1.52. The minimum absolute atomic E-state index is 0.0345. The molecule has 0 spiro atoms. The molecule has 0 saturated carbocycles. The molecule has 0 aromatic heterocycles. The SMILES string of the molecule is CN(C)C(=O)CN=C(NCC1CCCO1)NCC1Cc2ccccc2O1. The van der Waals surface area contributed by atoms with Gasteiger partial charge in [0.15, 0.2) is 5.96 Å². The number of nitrogens with zero attached hydrogens (tertiary/aromatic N) is 2. The van der Waals surface area contributed by atoms with Crippen molar-refractivity contribution in [2.24, 2.45) is 4.99 Å². The van der Waals surface area contributed by atoms with Crippen LogP contribution < -0.4 is 15.4 Å². The van der Waals surface area contributed by atoms with Gasteiger partial charge in [-0.25, -0.2) is 4.99 Å². The van der Waals surface area contributed by atoms with Gasteiger partial charge in [0.05, 0.1) is 12.6 Å². The predicted molar refractivity (Wildman–Crippen MR) is 101 cm³/mol. The van der Waals surface area contributed by atoms with Crippen LogP contribution in [0.1, 0.15) is 18.4 Å². The van der Waals surface area contributed by atoms with Crippen LogP contribution in [0.3, 0.4) is 0 Å². The van der Waals surface area contributed by atoms with E-state index < -0.39 is 0 Å². The van der Waals surface area contributed by atoms with E-state index in [2.05, 4.69) is 21.7 Å². The number of aliphatic imine (C=N–C) groups is 1. The summed E-state index contributed by atoms with van der Waals surface area (Å²) in [7, 11) is 3.46. The first-order valence-electron chi connectivity index (χ1n) is 9.20. The number of carbonyl (C=O) groups excluding carboxylic acids is 1. The Kier molecular flexibility index (Phi) is 6.33. The highest BCUT2D eigenvalue weighted by Crippen LogP contribution is 2.27. The summed E-state index contributed by atoms with van der Waals surface area (Å²) < 4.78 is 11.6. The van der Waals surface area contributed by atoms with E-state index in [0.717, 1.165) is 31.6 Å². The maximum atomic E-state index is 11.8. The summed E-state index contributed by atoms with van der Waals surface area (Å²) >= 11 is 0. The Hall–Kier alpha value is -2.28. The first kappa shape index (κ1) is 18.5. The van der Waals surface area contributed by atoms with Crippen LogP contribution in [-0.2, 0) is 16.0 Å². The van der Waals surface area contributed by atoms with Gasteiger partial charge in [-0.3, -0.25) is 4.79 Å². The van der Waals surface area contributed by atoms with Crippen molar-refractivity contribution < 1.29 is 14.3 Å². The third kappa shape index (κ3) is 5.11. The first-order chi connectivity index (χ1) is 12.6. The zero-order valence-electron chi connectivity index (χ0n) is 15.5. The molecule has 2 heterocycles. The number of amides is 1. The highest BCUT2D eigenvalue weighted by molar-refractivity contribution is 5.84. The fourth-order valence-corrected chi connectivity index (χ4v) is 3.06. The van der Waals surface area contributed by atoms with Gasteiger partial charge in [0.25, 0.3) is 0 Å². The third-order valence-corrected chi connectivity index (χ3v) is 4.60. The molecule has 1 aromatic rings. The van der Waals surface area contributed by atoms with Crippen LogP contribution in [0.25, 0.3) is 0 Å². The number of rotatable bonds is 6. The highest BCUT2D eigenvalue weighted by Gasteiger charge is 2.22. The summed E-state index contributed by atoms with van der Waals surface area (Å²) in [5, 5.41) is 6.59. The van der Waals surface area contributed by atoms with Crippen LogP contribution in [0.2, 0.25) is 0 Å². The lowest BCUT2D eigenvalue weighted by atomic mass is 10.1. The van der Waals surface area contributed by atoms with E-state index in [1.54, 1.807) is 14.1 Å². The summed E-state index contributed by atoms with van der Waals surface area (Å²) in [6.07, 6.45) is 3.29. The number of carbonyl (C=O) groups is 1. The van der Waals surface area contributed by atoms with Gasteiger partial charge < -0.3 is 25.0 Å². The number of guanidine groups is 1. The van der Waals surface area contributed by atoms with Crippen LogP contribution in [0.15, 0.2) is 29.3 Å². The van der Waals surface area contributed by atoms with E-state index in [9.17, 15) is 4.79 Å². The molecule has 7 heteroatoms. The molecule has 2 atom stereocenters. The van der Waals surface area contributed by atoms with Crippen LogP contribution in [0, 0.1) is 0 Å². The molecule has 1 fully saturated rings. The minimum Gasteiger partial charge on any atom is -0.488 e. The van der Waals surface area contributed by atoms with Gasteiger partial charge in [0.1, 0.15) is 18.4 Å². The summed E-state index contributed by atoms with van der Waals surface area (Å²) in [4.78, 5) is 17.8. The molecule has 2 aliphatic rings. The molecular weight excluding hydrogens is 332 g/mol. The standard InChI is InChI=1S/C19H28N4O3/c1-23(2)18(24)13-22-19(20-11-15-7-5-9-25-15)21-12-16-10-14-6-3-4-8-17(14)26-16/h3-4,6,8,15-16H,5,7,9-13H2,1-2H3,(H2,20,21,22). The van der Waals surface area contributed by atoms with Crippen molar-refractivity contribution in [3.8, 4) is 5.75 Å². The maximum absolute atomic E-state index is 11.8. The van der Waals surface area contributed by atoms with Gasteiger partial charge >= 0.3 is 0 Å². The Morgan fingerprint density at radius 3 is 2.69 bits per heavy atom. The summed E-state index contributed by atoms with van der Waals surface area (Å²) in [5.74, 6) is 1.54. The molecular formula is C19H28N4O3. The van der Waals surface area contributed by atoms with Gasteiger partial charge in [-0.1, -0.05) is 18.2 Å². The van der Waals surface area contributed by atoms with Gasteiger partial charge in [-0.2, -0.15) is 0 Å².